The van der Waals surface area contributed by atoms with Gasteiger partial charge in [0.05, 0.1) is 4.92 Å². The molecular formula is C10H13N3O3. The van der Waals surface area contributed by atoms with Crippen LogP contribution in [0.4, 0.5) is 10.5 Å². The maximum Gasteiger partial charge on any atom is 0.317 e. The molecule has 0 aliphatic carbocycles. The third-order valence-electron chi connectivity index (χ3n) is 2.00. The van der Waals surface area contributed by atoms with Crippen LogP contribution >= 0.6 is 0 Å². The van der Waals surface area contributed by atoms with Crippen LogP contribution in [0.25, 0.3) is 0 Å². The fourth-order valence-electron chi connectivity index (χ4n) is 1.07. The van der Waals surface area contributed by atoms with E-state index in [-0.39, 0.29) is 11.7 Å². The number of non-ortho nitro benzene ring substituents is 1. The van der Waals surface area contributed by atoms with Gasteiger partial charge < -0.3 is 10.2 Å². The Morgan fingerprint density at radius 2 is 1.94 bits per heavy atom. The molecule has 0 bridgehead atoms. The highest BCUT2D eigenvalue weighted by molar-refractivity contribution is 5.73. The van der Waals surface area contributed by atoms with Crippen LogP contribution in [0, 0.1) is 10.1 Å². The first kappa shape index (κ1) is 12.0. The summed E-state index contributed by atoms with van der Waals surface area (Å²) in [5.41, 5.74) is 0.864. The van der Waals surface area contributed by atoms with E-state index >= 15 is 0 Å². The monoisotopic (exact) mass is 223 g/mol. The number of hydrogen-bond donors (Lipinski definition) is 1. The van der Waals surface area contributed by atoms with Gasteiger partial charge in [-0.15, -0.1) is 0 Å². The van der Waals surface area contributed by atoms with Gasteiger partial charge in [-0.3, -0.25) is 10.1 Å². The highest BCUT2D eigenvalue weighted by Crippen LogP contribution is 2.11. The van der Waals surface area contributed by atoms with Crippen LogP contribution in [-0.4, -0.2) is 29.9 Å². The lowest BCUT2D eigenvalue weighted by Gasteiger charge is -2.11. The number of rotatable bonds is 3. The van der Waals surface area contributed by atoms with Crippen LogP contribution in [0.5, 0.6) is 0 Å². The molecule has 0 unspecified atom stereocenters. The summed E-state index contributed by atoms with van der Waals surface area (Å²) in [5.74, 6) is 0. The van der Waals surface area contributed by atoms with Gasteiger partial charge in [-0.2, -0.15) is 0 Å². The Labute approximate surface area is 93.0 Å². The summed E-state index contributed by atoms with van der Waals surface area (Å²) in [7, 11) is 3.29. The molecule has 0 atom stereocenters. The average Bonchev–Trinajstić information content (AvgIpc) is 2.26. The van der Waals surface area contributed by atoms with E-state index in [1.165, 1.54) is 17.0 Å². The summed E-state index contributed by atoms with van der Waals surface area (Å²) in [6, 6.07) is 5.87. The Balaban J connectivity index is 2.56. The van der Waals surface area contributed by atoms with Crippen molar-refractivity contribution in [3.63, 3.8) is 0 Å². The fraction of sp³-hybridized carbons (Fsp3) is 0.300. The predicted molar refractivity (Wildman–Crippen MR) is 59.0 cm³/mol. The van der Waals surface area contributed by atoms with Crippen LogP contribution < -0.4 is 5.32 Å². The molecular weight excluding hydrogens is 210 g/mol. The van der Waals surface area contributed by atoms with Crippen molar-refractivity contribution < 1.29 is 9.72 Å². The normalized spacial score (nSPS) is 9.62. The zero-order chi connectivity index (χ0) is 12.1. The summed E-state index contributed by atoms with van der Waals surface area (Å²) < 4.78 is 0. The first-order chi connectivity index (χ1) is 7.50. The Bertz CT molecular complexity index is 387. The standard InChI is InChI=1S/C10H13N3O3/c1-12(2)10(14)11-7-8-3-5-9(6-4-8)13(15)16/h3-6H,7H2,1-2H3,(H,11,14). The predicted octanol–water partition coefficient (Wildman–Crippen LogP) is 1.37. The minimum Gasteiger partial charge on any atom is -0.334 e. The highest BCUT2D eigenvalue weighted by Gasteiger charge is 2.05. The molecule has 6 nitrogen and oxygen atoms in total. The molecule has 0 aromatic heterocycles. The van der Waals surface area contributed by atoms with E-state index in [9.17, 15) is 14.9 Å². The van der Waals surface area contributed by atoms with Crippen molar-refractivity contribution in [1.82, 2.24) is 10.2 Å². The van der Waals surface area contributed by atoms with Gasteiger partial charge in [0.25, 0.3) is 5.69 Å². The number of urea groups is 1. The molecule has 86 valence electrons. The Morgan fingerprint density at radius 1 is 1.38 bits per heavy atom. The second kappa shape index (κ2) is 5.11. The molecule has 0 aliphatic heterocycles. The molecule has 0 fully saturated rings. The van der Waals surface area contributed by atoms with Gasteiger partial charge in [0.2, 0.25) is 0 Å². The van der Waals surface area contributed by atoms with Gasteiger partial charge in [-0.05, 0) is 5.56 Å². The van der Waals surface area contributed by atoms with Gasteiger partial charge in [-0.25, -0.2) is 4.79 Å². The molecule has 0 aliphatic rings. The van der Waals surface area contributed by atoms with E-state index in [0.29, 0.717) is 6.54 Å². The molecule has 0 saturated carbocycles. The third kappa shape index (κ3) is 3.23. The number of nitro groups is 1. The first-order valence-corrected chi connectivity index (χ1v) is 4.69. The summed E-state index contributed by atoms with van der Waals surface area (Å²) in [4.78, 5) is 22.6. The summed E-state index contributed by atoms with van der Waals surface area (Å²) >= 11 is 0. The van der Waals surface area contributed by atoms with Crippen LogP contribution in [0.2, 0.25) is 0 Å². The maximum atomic E-state index is 11.2. The third-order valence-corrected chi connectivity index (χ3v) is 2.00. The number of carbonyl (C=O) groups excluding carboxylic acids is 1. The summed E-state index contributed by atoms with van der Waals surface area (Å²) in [5, 5.41) is 13.1. The van der Waals surface area contributed by atoms with E-state index < -0.39 is 4.92 Å². The molecule has 0 spiro atoms. The number of benzene rings is 1. The Kier molecular flexibility index (Phi) is 3.82. The molecule has 0 saturated heterocycles. The zero-order valence-corrected chi connectivity index (χ0v) is 9.14. The fourth-order valence-corrected chi connectivity index (χ4v) is 1.07. The van der Waals surface area contributed by atoms with E-state index in [0.717, 1.165) is 5.56 Å². The molecule has 1 rings (SSSR count). The number of hydrogen-bond acceptors (Lipinski definition) is 3. The number of nitrogens with zero attached hydrogens (tertiary/aromatic N) is 2. The van der Waals surface area contributed by atoms with Crippen molar-refractivity contribution in [2.24, 2.45) is 0 Å². The summed E-state index contributed by atoms with van der Waals surface area (Å²) in [6.45, 7) is 0.356. The van der Waals surface area contributed by atoms with Gasteiger partial charge >= 0.3 is 6.03 Å². The molecule has 1 N–H and O–H groups in total. The number of amides is 2. The van der Waals surface area contributed by atoms with E-state index in [1.807, 2.05) is 0 Å². The highest BCUT2D eigenvalue weighted by atomic mass is 16.6. The van der Waals surface area contributed by atoms with Crippen molar-refractivity contribution in [1.29, 1.82) is 0 Å². The topological polar surface area (TPSA) is 75.5 Å². The van der Waals surface area contributed by atoms with E-state index in [2.05, 4.69) is 5.32 Å². The van der Waals surface area contributed by atoms with Crippen molar-refractivity contribution in [3.05, 3.63) is 39.9 Å². The van der Waals surface area contributed by atoms with E-state index in [4.69, 9.17) is 0 Å². The molecule has 16 heavy (non-hydrogen) atoms. The van der Waals surface area contributed by atoms with Crippen LogP contribution in [-0.2, 0) is 6.54 Å². The second-order valence-electron chi connectivity index (χ2n) is 3.48. The van der Waals surface area contributed by atoms with Gasteiger partial charge in [0, 0.05) is 32.8 Å². The molecule has 1 aromatic carbocycles. The number of nitrogens with one attached hydrogen (secondary N) is 1. The largest absolute Gasteiger partial charge is 0.334 e. The van der Waals surface area contributed by atoms with Gasteiger partial charge in [0.15, 0.2) is 0 Å². The summed E-state index contributed by atoms with van der Waals surface area (Å²) in [6.07, 6.45) is 0. The molecule has 1 aromatic rings. The van der Waals surface area contributed by atoms with Crippen molar-refractivity contribution in [2.75, 3.05) is 14.1 Å². The van der Waals surface area contributed by atoms with Gasteiger partial charge in [-0.1, -0.05) is 12.1 Å². The quantitative estimate of drug-likeness (QED) is 0.621. The zero-order valence-electron chi connectivity index (χ0n) is 9.14. The lowest BCUT2D eigenvalue weighted by Crippen LogP contribution is -2.33. The van der Waals surface area contributed by atoms with Crippen molar-refractivity contribution >= 4 is 11.7 Å². The van der Waals surface area contributed by atoms with Crippen molar-refractivity contribution in [2.45, 2.75) is 6.54 Å². The first-order valence-electron chi connectivity index (χ1n) is 4.69. The Hall–Kier alpha value is -2.11. The smallest absolute Gasteiger partial charge is 0.317 e. The lowest BCUT2D eigenvalue weighted by molar-refractivity contribution is -0.384. The number of nitro benzene ring substituents is 1. The molecule has 0 heterocycles. The minimum atomic E-state index is -0.456. The molecule has 2 amide bonds. The number of carbonyl (C=O) groups is 1. The van der Waals surface area contributed by atoms with Gasteiger partial charge in [0.1, 0.15) is 0 Å². The second-order valence-corrected chi connectivity index (χ2v) is 3.48. The van der Waals surface area contributed by atoms with Crippen LogP contribution in [0.3, 0.4) is 0 Å². The van der Waals surface area contributed by atoms with Crippen molar-refractivity contribution in [3.8, 4) is 0 Å². The lowest BCUT2D eigenvalue weighted by atomic mass is 10.2. The SMILES string of the molecule is CN(C)C(=O)NCc1ccc([N+](=O)[O-])cc1. The minimum absolute atomic E-state index is 0.0442. The maximum absolute atomic E-state index is 11.2. The Morgan fingerprint density at radius 3 is 2.38 bits per heavy atom. The molecule has 0 radical (unpaired) electrons. The average molecular weight is 223 g/mol. The molecule has 6 heteroatoms. The van der Waals surface area contributed by atoms with Crippen LogP contribution in [0.1, 0.15) is 5.56 Å². The van der Waals surface area contributed by atoms with Crippen LogP contribution in [0.15, 0.2) is 24.3 Å². The van der Waals surface area contributed by atoms with E-state index in [1.54, 1.807) is 26.2 Å².